The summed E-state index contributed by atoms with van der Waals surface area (Å²) < 4.78 is 42.9. The van der Waals surface area contributed by atoms with E-state index in [9.17, 15) is 22.4 Å². The Morgan fingerprint density at radius 3 is 2.12 bits per heavy atom. The molecule has 0 aliphatic rings. The summed E-state index contributed by atoms with van der Waals surface area (Å²) in [5, 5.41) is 2.83. The van der Waals surface area contributed by atoms with E-state index in [2.05, 4.69) is 5.32 Å². The monoisotopic (exact) mass is 601 g/mol. The van der Waals surface area contributed by atoms with Gasteiger partial charge in [0, 0.05) is 19.5 Å². The molecule has 4 rings (SSSR count). The number of halogens is 1. The van der Waals surface area contributed by atoms with Crippen LogP contribution in [0.3, 0.4) is 0 Å². The third-order valence-electron chi connectivity index (χ3n) is 7.07. The Kier molecular flexibility index (Phi) is 10.3. The Balaban J connectivity index is 1.79. The molecule has 2 amide bonds. The SMILES string of the molecule is CCNC(=O)[C@@H](Cc1ccccc1)N(Cc1ccc(F)cc1)C(=O)CN(c1cccc(C)c1)S(=O)(=O)c1ccc(C)cc1. The van der Waals surface area contributed by atoms with Gasteiger partial charge >= 0.3 is 0 Å². The number of amides is 2. The molecule has 0 bridgehead atoms. The zero-order valence-electron chi connectivity index (χ0n) is 24.5. The number of carbonyl (C=O) groups is 2. The van der Waals surface area contributed by atoms with Crippen molar-refractivity contribution in [3.05, 3.63) is 131 Å². The molecule has 1 atom stereocenters. The van der Waals surface area contributed by atoms with Crippen molar-refractivity contribution in [2.24, 2.45) is 0 Å². The smallest absolute Gasteiger partial charge is 0.264 e. The van der Waals surface area contributed by atoms with Crippen molar-refractivity contribution in [3.63, 3.8) is 0 Å². The number of nitrogens with one attached hydrogen (secondary N) is 1. The second-order valence-corrected chi connectivity index (χ2v) is 12.3. The summed E-state index contributed by atoms with van der Waals surface area (Å²) in [5.74, 6) is -1.37. The summed E-state index contributed by atoms with van der Waals surface area (Å²) in [7, 11) is -4.17. The normalized spacial score (nSPS) is 11.9. The fraction of sp³-hybridized carbons (Fsp3) is 0.235. The fourth-order valence-corrected chi connectivity index (χ4v) is 6.19. The summed E-state index contributed by atoms with van der Waals surface area (Å²) in [5.41, 5.74) is 3.47. The van der Waals surface area contributed by atoms with Crippen molar-refractivity contribution in [2.75, 3.05) is 17.4 Å². The van der Waals surface area contributed by atoms with Crippen LogP contribution in [0.5, 0.6) is 0 Å². The lowest BCUT2D eigenvalue weighted by atomic mass is 10.0. The molecule has 0 unspecified atom stereocenters. The molecule has 0 saturated carbocycles. The van der Waals surface area contributed by atoms with Crippen LogP contribution in [0, 0.1) is 19.7 Å². The molecule has 0 aliphatic carbocycles. The highest BCUT2D eigenvalue weighted by molar-refractivity contribution is 7.92. The van der Waals surface area contributed by atoms with Gasteiger partial charge in [0.05, 0.1) is 10.6 Å². The van der Waals surface area contributed by atoms with E-state index in [1.165, 1.54) is 29.2 Å². The van der Waals surface area contributed by atoms with E-state index in [0.29, 0.717) is 17.8 Å². The van der Waals surface area contributed by atoms with Crippen molar-refractivity contribution in [3.8, 4) is 0 Å². The van der Waals surface area contributed by atoms with Gasteiger partial charge in [-0.1, -0.05) is 72.3 Å². The second-order valence-electron chi connectivity index (χ2n) is 10.4. The first kappa shape index (κ1) is 31.4. The van der Waals surface area contributed by atoms with E-state index in [1.54, 1.807) is 49.4 Å². The van der Waals surface area contributed by atoms with Crippen LogP contribution in [-0.4, -0.2) is 44.3 Å². The number of likely N-dealkylation sites (N-methyl/N-ethyl adjacent to an activating group) is 1. The molecule has 224 valence electrons. The van der Waals surface area contributed by atoms with Crippen LogP contribution in [0.4, 0.5) is 10.1 Å². The molecule has 0 aromatic heterocycles. The minimum Gasteiger partial charge on any atom is -0.355 e. The van der Waals surface area contributed by atoms with Crippen molar-refractivity contribution >= 4 is 27.5 Å². The van der Waals surface area contributed by atoms with Gasteiger partial charge in [-0.25, -0.2) is 12.8 Å². The Morgan fingerprint density at radius 1 is 0.814 bits per heavy atom. The number of hydrogen-bond acceptors (Lipinski definition) is 4. The highest BCUT2D eigenvalue weighted by Crippen LogP contribution is 2.26. The van der Waals surface area contributed by atoms with Crippen LogP contribution in [0.2, 0.25) is 0 Å². The molecule has 0 heterocycles. The zero-order valence-corrected chi connectivity index (χ0v) is 25.4. The third kappa shape index (κ3) is 8.08. The van der Waals surface area contributed by atoms with E-state index in [1.807, 2.05) is 50.2 Å². The molecule has 43 heavy (non-hydrogen) atoms. The van der Waals surface area contributed by atoms with E-state index in [4.69, 9.17) is 0 Å². The highest BCUT2D eigenvalue weighted by atomic mass is 32.2. The van der Waals surface area contributed by atoms with Crippen molar-refractivity contribution < 1.29 is 22.4 Å². The van der Waals surface area contributed by atoms with E-state index in [-0.39, 0.29) is 23.8 Å². The Hall–Kier alpha value is -4.50. The quantitative estimate of drug-likeness (QED) is 0.235. The molecule has 9 heteroatoms. The predicted molar refractivity (Wildman–Crippen MR) is 166 cm³/mol. The number of hydrogen-bond donors (Lipinski definition) is 1. The number of anilines is 1. The summed E-state index contributed by atoms with van der Waals surface area (Å²) in [4.78, 5) is 29.2. The fourth-order valence-electron chi connectivity index (χ4n) is 4.78. The first-order valence-corrected chi connectivity index (χ1v) is 15.5. The molecule has 0 aliphatic heterocycles. The van der Waals surface area contributed by atoms with Crippen LogP contribution in [0.15, 0.2) is 108 Å². The molecular formula is C34H36FN3O4S. The summed E-state index contributed by atoms with van der Waals surface area (Å²) in [6.45, 7) is 5.26. The minimum absolute atomic E-state index is 0.0278. The molecule has 0 saturated heterocycles. The molecule has 7 nitrogen and oxygen atoms in total. The van der Waals surface area contributed by atoms with Gasteiger partial charge in [-0.05, 0) is 73.9 Å². The maximum atomic E-state index is 14.3. The molecule has 4 aromatic carbocycles. The van der Waals surface area contributed by atoms with Crippen LogP contribution in [0.1, 0.15) is 29.2 Å². The van der Waals surface area contributed by atoms with Gasteiger partial charge in [0.25, 0.3) is 10.0 Å². The van der Waals surface area contributed by atoms with Gasteiger partial charge in [0.1, 0.15) is 18.4 Å². The van der Waals surface area contributed by atoms with Crippen molar-refractivity contribution in [2.45, 2.75) is 44.7 Å². The third-order valence-corrected chi connectivity index (χ3v) is 8.85. The number of benzene rings is 4. The van der Waals surface area contributed by atoms with Gasteiger partial charge in [-0.2, -0.15) is 0 Å². The van der Waals surface area contributed by atoms with Crippen LogP contribution in [-0.2, 0) is 32.6 Å². The van der Waals surface area contributed by atoms with Gasteiger partial charge < -0.3 is 10.2 Å². The number of sulfonamides is 1. The molecule has 1 N–H and O–H groups in total. The van der Waals surface area contributed by atoms with Gasteiger partial charge in [-0.3, -0.25) is 13.9 Å². The first-order chi connectivity index (χ1) is 20.6. The van der Waals surface area contributed by atoms with Gasteiger partial charge in [-0.15, -0.1) is 0 Å². The van der Waals surface area contributed by atoms with E-state index in [0.717, 1.165) is 21.0 Å². The summed E-state index contributed by atoms with van der Waals surface area (Å²) in [6, 6.07) is 27.4. The maximum Gasteiger partial charge on any atom is 0.264 e. The first-order valence-electron chi connectivity index (χ1n) is 14.1. The van der Waals surface area contributed by atoms with E-state index >= 15 is 0 Å². The second kappa shape index (κ2) is 14.1. The average molecular weight is 602 g/mol. The molecular weight excluding hydrogens is 565 g/mol. The lowest BCUT2D eigenvalue weighted by Crippen LogP contribution is -2.53. The number of nitrogens with zero attached hydrogens (tertiary/aromatic N) is 2. The zero-order chi connectivity index (χ0) is 31.0. The molecule has 4 aromatic rings. The van der Waals surface area contributed by atoms with Crippen molar-refractivity contribution in [1.82, 2.24) is 10.2 Å². The Bertz CT molecular complexity index is 1640. The predicted octanol–water partition coefficient (Wildman–Crippen LogP) is 5.41. The van der Waals surface area contributed by atoms with Crippen molar-refractivity contribution in [1.29, 1.82) is 0 Å². The van der Waals surface area contributed by atoms with Crippen LogP contribution >= 0.6 is 0 Å². The molecule has 0 spiro atoms. The van der Waals surface area contributed by atoms with Crippen LogP contribution < -0.4 is 9.62 Å². The lowest BCUT2D eigenvalue weighted by molar-refractivity contribution is -0.140. The Labute approximate surface area is 253 Å². The average Bonchev–Trinajstić information content (AvgIpc) is 2.99. The topological polar surface area (TPSA) is 86.8 Å². The van der Waals surface area contributed by atoms with Crippen LogP contribution in [0.25, 0.3) is 0 Å². The molecule has 0 fully saturated rings. The summed E-state index contributed by atoms with van der Waals surface area (Å²) >= 11 is 0. The summed E-state index contributed by atoms with van der Waals surface area (Å²) in [6.07, 6.45) is 0.203. The Morgan fingerprint density at radius 2 is 1.49 bits per heavy atom. The van der Waals surface area contributed by atoms with Gasteiger partial charge in [0.2, 0.25) is 11.8 Å². The maximum absolute atomic E-state index is 14.3. The number of carbonyl (C=O) groups excluding carboxylic acids is 2. The van der Waals surface area contributed by atoms with Gasteiger partial charge in [0.15, 0.2) is 0 Å². The standard InChI is InChI=1S/C34H36FN3O4S/c1-4-36-34(40)32(22-27-10-6-5-7-11-27)37(23-28-15-17-29(35)18-16-28)33(39)24-38(30-12-8-9-26(3)21-30)43(41,42)31-19-13-25(2)14-20-31/h5-21,32H,4,22-24H2,1-3H3,(H,36,40)/t32-/m1/s1. The highest BCUT2D eigenvalue weighted by Gasteiger charge is 2.34. The number of aryl methyl sites for hydroxylation is 2. The lowest BCUT2D eigenvalue weighted by Gasteiger charge is -2.34. The largest absolute Gasteiger partial charge is 0.355 e. The number of rotatable bonds is 12. The van der Waals surface area contributed by atoms with E-state index < -0.39 is 34.3 Å². The molecule has 0 radical (unpaired) electrons. The minimum atomic E-state index is -4.17.